The predicted octanol–water partition coefficient (Wildman–Crippen LogP) is 3.54. The third-order valence-electron chi connectivity index (χ3n) is 5.43. The number of benzene rings is 1. The van der Waals surface area contributed by atoms with E-state index in [0.717, 1.165) is 18.1 Å². The van der Waals surface area contributed by atoms with Crippen molar-refractivity contribution in [1.82, 2.24) is 15.0 Å². The summed E-state index contributed by atoms with van der Waals surface area (Å²) in [5, 5.41) is 4.05. The predicted molar refractivity (Wildman–Crippen MR) is 95.6 cm³/mol. The molecule has 1 aliphatic carbocycles. The van der Waals surface area contributed by atoms with Crippen LogP contribution in [0, 0.1) is 5.92 Å². The normalized spacial score (nSPS) is 18.1. The van der Waals surface area contributed by atoms with E-state index in [2.05, 4.69) is 10.1 Å². The summed E-state index contributed by atoms with van der Waals surface area (Å²) in [6, 6.07) is 9.55. The SMILES string of the molecule is O=C(CCC1CCCC1)N1CC(c2noc(COc3ccccc3)n2)C1. The number of aromatic nitrogens is 2. The van der Waals surface area contributed by atoms with Gasteiger partial charge in [0, 0.05) is 19.5 Å². The molecule has 0 bridgehead atoms. The number of nitrogens with zero attached hydrogens (tertiary/aromatic N) is 3. The van der Waals surface area contributed by atoms with Crippen LogP contribution < -0.4 is 4.74 Å². The van der Waals surface area contributed by atoms with Crippen LogP contribution in [0.3, 0.4) is 0 Å². The number of amides is 1. The van der Waals surface area contributed by atoms with E-state index in [0.29, 0.717) is 31.2 Å². The van der Waals surface area contributed by atoms with Crippen molar-refractivity contribution in [3.63, 3.8) is 0 Å². The van der Waals surface area contributed by atoms with Crippen LogP contribution in [-0.2, 0) is 11.4 Å². The molecule has 0 atom stereocenters. The molecule has 0 unspecified atom stereocenters. The first-order chi connectivity index (χ1) is 12.8. The molecule has 0 radical (unpaired) electrons. The van der Waals surface area contributed by atoms with E-state index in [-0.39, 0.29) is 18.4 Å². The maximum absolute atomic E-state index is 12.3. The summed E-state index contributed by atoms with van der Waals surface area (Å²) in [7, 11) is 0. The van der Waals surface area contributed by atoms with Gasteiger partial charge in [-0.1, -0.05) is 49.0 Å². The number of hydrogen-bond acceptors (Lipinski definition) is 5. The Labute approximate surface area is 153 Å². The monoisotopic (exact) mass is 355 g/mol. The summed E-state index contributed by atoms with van der Waals surface area (Å²) in [4.78, 5) is 18.6. The van der Waals surface area contributed by atoms with Crippen molar-refractivity contribution in [2.45, 2.75) is 51.0 Å². The van der Waals surface area contributed by atoms with Crippen molar-refractivity contribution in [3.8, 4) is 5.75 Å². The Balaban J connectivity index is 1.20. The Morgan fingerprint density at radius 1 is 1.19 bits per heavy atom. The minimum Gasteiger partial charge on any atom is -0.484 e. The Kier molecular flexibility index (Phi) is 5.18. The molecule has 26 heavy (non-hydrogen) atoms. The molecule has 0 N–H and O–H groups in total. The minimum absolute atomic E-state index is 0.180. The fraction of sp³-hybridized carbons (Fsp3) is 0.550. The molecule has 6 heteroatoms. The lowest BCUT2D eigenvalue weighted by atomic mass is 9.96. The summed E-state index contributed by atoms with van der Waals surface area (Å²) < 4.78 is 10.9. The van der Waals surface area contributed by atoms with Crippen molar-refractivity contribution >= 4 is 5.91 Å². The van der Waals surface area contributed by atoms with Crippen LogP contribution in [0.15, 0.2) is 34.9 Å². The van der Waals surface area contributed by atoms with Crippen molar-refractivity contribution < 1.29 is 14.1 Å². The molecule has 2 aliphatic rings. The highest BCUT2D eigenvalue weighted by atomic mass is 16.5. The first kappa shape index (κ1) is 17.1. The zero-order chi connectivity index (χ0) is 17.8. The van der Waals surface area contributed by atoms with Gasteiger partial charge < -0.3 is 14.2 Å². The smallest absolute Gasteiger partial charge is 0.264 e. The number of ether oxygens (including phenoxy) is 1. The molecule has 1 saturated carbocycles. The highest BCUT2D eigenvalue weighted by Crippen LogP contribution is 2.30. The summed E-state index contributed by atoms with van der Waals surface area (Å²) in [5.74, 6) is 3.13. The third-order valence-corrected chi connectivity index (χ3v) is 5.43. The van der Waals surface area contributed by atoms with Gasteiger partial charge in [0.1, 0.15) is 5.75 Å². The van der Waals surface area contributed by atoms with Crippen LogP contribution >= 0.6 is 0 Å². The molecule has 4 rings (SSSR count). The first-order valence-corrected chi connectivity index (χ1v) is 9.56. The standard InChI is InChI=1S/C20H25N3O3/c24-19(11-10-15-6-4-5-7-15)23-12-16(13-23)20-21-18(26-22-20)14-25-17-8-2-1-3-9-17/h1-3,8-9,15-16H,4-7,10-14H2. The van der Waals surface area contributed by atoms with Gasteiger partial charge in [0.25, 0.3) is 5.89 Å². The number of para-hydroxylation sites is 1. The second-order valence-corrected chi connectivity index (χ2v) is 7.33. The summed E-state index contributed by atoms with van der Waals surface area (Å²) in [6.07, 6.45) is 6.99. The van der Waals surface area contributed by atoms with E-state index in [4.69, 9.17) is 9.26 Å². The van der Waals surface area contributed by atoms with Gasteiger partial charge in [-0.3, -0.25) is 4.79 Å². The summed E-state index contributed by atoms with van der Waals surface area (Å²) in [6.45, 7) is 1.65. The molecular formula is C20H25N3O3. The quantitative estimate of drug-likeness (QED) is 0.760. The second-order valence-electron chi connectivity index (χ2n) is 7.33. The molecule has 6 nitrogen and oxygen atoms in total. The van der Waals surface area contributed by atoms with Gasteiger partial charge >= 0.3 is 0 Å². The second kappa shape index (κ2) is 7.89. The van der Waals surface area contributed by atoms with Crippen molar-refractivity contribution in [2.75, 3.05) is 13.1 Å². The minimum atomic E-state index is 0.180. The number of likely N-dealkylation sites (tertiary alicyclic amines) is 1. The van der Waals surface area contributed by atoms with E-state index < -0.39 is 0 Å². The molecular weight excluding hydrogens is 330 g/mol. The Morgan fingerprint density at radius 3 is 2.73 bits per heavy atom. The Morgan fingerprint density at radius 2 is 1.96 bits per heavy atom. The fourth-order valence-corrected chi connectivity index (χ4v) is 3.78. The topological polar surface area (TPSA) is 68.5 Å². The van der Waals surface area contributed by atoms with Crippen LogP contribution in [0.5, 0.6) is 5.75 Å². The number of carbonyl (C=O) groups excluding carboxylic acids is 1. The lowest BCUT2D eigenvalue weighted by Gasteiger charge is -2.37. The van der Waals surface area contributed by atoms with Crippen molar-refractivity contribution in [2.24, 2.45) is 5.92 Å². The van der Waals surface area contributed by atoms with Gasteiger partial charge in [-0.2, -0.15) is 4.98 Å². The molecule has 138 valence electrons. The molecule has 2 aromatic rings. The first-order valence-electron chi connectivity index (χ1n) is 9.56. The number of carbonyl (C=O) groups is 1. The van der Waals surface area contributed by atoms with E-state index >= 15 is 0 Å². The molecule has 2 heterocycles. The Hall–Kier alpha value is -2.37. The van der Waals surface area contributed by atoms with Gasteiger partial charge in [-0.05, 0) is 24.5 Å². The van der Waals surface area contributed by atoms with Gasteiger partial charge in [0.15, 0.2) is 12.4 Å². The lowest BCUT2D eigenvalue weighted by molar-refractivity contribution is -0.136. The van der Waals surface area contributed by atoms with E-state index in [1.54, 1.807) is 0 Å². The van der Waals surface area contributed by atoms with Crippen LogP contribution in [0.25, 0.3) is 0 Å². The van der Waals surface area contributed by atoms with Crippen molar-refractivity contribution in [3.05, 3.63) is 42.0 Å². The number of hydrogen-bond donors (Lipinski definition) is 0. The highest BCUT2D eigenvalue weighted by Gasteiger charge is 2.35. The molecule has 1 saturated heterocycles. The molecule has 1 amide bonds. The van der Waals surface area contributed by atoms with E-state index in [1.165, 1.54) is 25.7 Å². The highest BCUT2D eigenvalue weighted by molar-refractivity contribution is 5.77. The average Bonchev–Trinajstić information content (AvgIpc) is 3.30. The lowest BCUT2D eigenvalue weighted by Crippen LogP contribution is -2.48. The van der Waals surface area contributed by atoms with Gasteiger partial charge in [0.05, 0.1) is 5.92 Å². The Bertz CT molecular complexity index is 719. The molecule has 1 aromatic carbocycles. The van der Waals surface area contributed by atoms with Crippen molar-refractivity contribution in [1.29, 1.82) is 0 Å². The molecule has 1 aromatic heterocycles. The van der Waals surface area contributed by atoms with Crippen LogP contribution in [-0.4, -0.2) is 34.0 Å². The van der Waals surface area contributed by atoms with Crippen LogP contribution in [0.4, 0.5) is 0 Å². The zero-order valence-corrected chi connectivity index (χ0v) is 15.0. The molecule has 2 fully saturated rings. The number of rotatable bonds is 7. The van der Waals surface area contributed by atoms with Gasteiger partial charge in [0.2, 0.25) is 5.91 Å². The fourth-order valence-electron chi connectivity index (χ4n) is 3.78. The zero-order valence-electron chi connectivity index (χ0n) is 15.0. The third kappa shape index (κ3) is 4.06. The average molecular weight is 355 g/mol. The van der Waals surface area contributed by atoms with E-state index in [9.17, 15) is 4.79 Å². The summed E-state index contributed by atoms with van der Waals surface area (Å²) >= 11 is 0. The largest absolute Gasteiger partial charge is 0.484 e. The van der Waals surface area contributed by atoms with Gasteiger partial charge in [-0.25, -0.2) is 0 Å². The molecule has 0 spiro atoms. The summed E-state index contributed by atoms with van der Waals surface area (Å²) in [5.41, 5.74) is 0. The molecule has 1 aliphatic heterocycles. The maximum Gasteiger partial charge on any atom is 0.264 e. The van der Waals surface area contributed by atoms with Crippen LogP contribution in [0.2, 0.25) is 0 Å². The van der Waals surface area contributed by atoms with Gasteiger partial charge in [-0.15, -0.1) is 0 Å². The maximum atomic E-state index is 12.3. The van der Waals surface area contributed by atoms with Crippen LogP contribution in [0.1, 0.15) is 56.2 Å². The van der Waals surface area contributed by atoms with E-state index in [1.807, 2.05) is 35.2 Å².